The van der Waals surface area contributed by atoms with Gasteiger partial charge in [-0.2, -0.15) is 12.7 Å². The van der Waals surface area contributed by atoms with Crippen LogP contribution >= 0.6 is 0 Å². The summed E-state index contributed by atoms with van der Waals surface area (Å²) in [4.78, 5) is 41.3. The highest BCUT2D eigenvalue weighted by Crippen LogP contribution is 2.48. The summed E-state index contributed by atoms with van der Waals surface area (Å²) in [5, 5.41) is 10.3. The van der Waals surface area contributed by atoms with E-state index in [4.69, 9.17) is 14.2 Å². The maximum Gasteiger partial charge on any atom is 0.425 e. The van der Waals surface area contributed by atoms with Gasteiger partial charge in [-0.05, 0) is 63.1 Å². The van der Waals surface area contributed by atoms with Gasteiger partial charge in [0.05, 0.1) is 37.4 Å². The Morgan fingerprint density at radius 3 is 2.28 bits per heavy atom. The van der Waals surface area contributed by atoms with Crippen molar-refractivity contribution in [2.45, 2.75) is 59.0 Å². The third-order valence-electron chi connectivity index (χ3n) is 7.26. The Labute approximate surface area is 251 Å². The Kier molecular flexibility index (Phi) is 9.07. The second-order valence-electron chi connectivity index (χ2n) is 11.5. The summed E-state index contributed by atoms with van der Waals surface area (Å²) >= 11 is 0. The summed E-state index contributed by atoms with van der Waals surface area (Å²) in [5.41, 5.74) is -0.150. The van der Waals surface area contributed by atoms with E-state index in [-0.39, 0.29) is 23.6 Å². The van der Waals surface area contributed by atoms with Gasteiger partial charge in [-0.1, -0.05) is 37.3 Å². The average molecular weight is 616 g/mol. The number of fused-ring (bicyclic) bond motifs is 1. The zero-order valence-electron chi connectivity index (χ0n) is 24.9. The van der Waals surface area contributed by atoms with Crippen molar-refractivity contribution in [1.29, 1.82) is 0 Å². The fraction of sp³-hybridized carbons (Fsp3) is 0.433. The first-order valence-electron chi connectivity index (χ1n) is 13.8. The van der Waals surface area contributed by atoms with Crippen molar-refractivity contribution in [2.75, 3.05) is 18.4 Å². The summed E-state index contributed by atoms with van der Waals surface area (Å²) in [7, 11) is -3.04. The Morgan fingerprint density at radius 2 is 1.72 bits per heavy atom. The Morgan fingerprint density at radius 1 is 1.09 bits per heavy atom. The van der Waals surface area contributed by atoms with Crippen LogP contribution in [-0.4, -0.2) is 72.1 Å². The van der Waals surface area contributed by atoms with Crippen molar-refractivity contribution in [3.8, 4) is 5.75 Å². The number of benzene rings is 2. The number of ether oxygens (including phenoxy) is 3. The van der Waals surface area contributed by atoms with Crippen LogP contribution in [-0.2, 0) is 35.9 Å². The van der Waals surface area contributed by atoms with E-state index in [2.05, 4.69) is 4.72 Å². The molecule has 0 unspecified atom stereocenters. The fourth-order valence-corrected chi connectivity index (χ4v) is 6.29. The van der Waals surface area contributed by atoms with Crippen LogP contribution in [0.2, 0.25) is 0 Å². The van der Waals surface area contributed by atoms with Gasteiger partial charge in [-0.15, -0.1) is 0 Å². The minimum Gasteiger partial charge on any atom is -0.497 e. The molecule has 2 aliphatic rings. The number of hydrogen-bond donors (Lipinski definition) is 2. The number of aliphatic hydroxyl groups excluding tert-OH is 1. The molecule has 1 saturated heterocycles. The molecule has 0 bridgehead atoms. The third-order valence-corrected chi connectivity index (χ3v) is 8.61. The second kappa shape index (κ2) is 12.3. The molecule has 0 saturated carbocycles. The van der Waals surface area contributed by atoms with Crippen LogP contribution in [0.15, 0.2) is 65.9 Å². The number of methoxy groups -OCH3 is 1. The van der Waals surface area contributed by atoms with E-state index in [1.165, 1.54) is 31.1 Å². The van der Waals surface area contributed by atoms with Gasteiger partial charge in [-0.25, -0.2) is 9.59 Å². The standard InChI is InChI=1S/C30H37N3O9S/c1-18-23(16-32(29(37)42-30(3,4)5)43(38,39)31-21-10-8-7-9-11-21)26(33-25(18)24(19(2)34)27(33)35)28(36)41-17-20-12-14-22(40-6)15-13-20/h7-15,18-19,24-25,31,34H,16-17H2,1-6H3/t18-,19+,24+,25+/m0/s1. The van der Waals surface area contributed by atoms with Crippen LogP contribution < -0.4 is 9.46 Å². The largest absolute Gasteiger partial charge is 0.497 e. The van der Waals surface area contributed by atoms with Crippen LogP contribution in [0.1, 0.15) is 40.2 Å². The van der Waals surface area contributed by atoms with Gasteiger partial charge >= 0.3 is 22.3 Å². The average Bonchev–Trinajstić information content (AvgIpc) is 3.17. The maximum atomic E-state index is 13.6. The topological polar surface area (TPSA) is 152 Å². The number of hydrogen-bond acceptors (Lipinski definition) is 9. The molecule has 0 radical (unpaired) electrons. The third kappa shape index (κ3) is 6.78. The van der Waals surface area contributed by atoms with Gasteiger partial charge < -0.3 is 24.2 Å². The molecule has 13 heteroatoms. The zero-order valence-corrected chi connectivity index (χ0v) is 25.8. The fourth-order valence-electron chi connectivity index (χ4n) is 5.21. The number of para-hydroxylation sites is 1. The van der Waals surface area contributed by atoms with Crippen molar-refractivity contribution in [2.24, 2.45) is 11.8 Å². The van der Waals surface area contributed by atoms with Crippen molar-refractivity contribution >= 4 is 33.9 Å². The molecular weight excluding hydrogens is 578 g/mol. The first kappa shape index (κ1) is 31.8. The maximum absolute atomic E-state index is 13.6. The van der Waals surface area contributed by atoms with Crippen molar-refractivity contribution in [1.82, 2.24) is 9.21 Å². The summed E-state index contributed by atoms with van der Waals surface area (Å²) in [6, 6.07) is 14.2. The number of nitrogens with zero attached hydrogens (tertiary/aromatic N) is 2. The molecule has 232 valence electrons. The SMILES string of the molecule is COc1ccc(COC(=O)C2=C(CN(C(=O)OC(C)(C)C)S(=O)(=O)Nc3ccccc3)[C@H](C)[C@@H]3[C@@H]([C@@H](C)O)C(=O)N23)cc1. The lowest BCUT2D eigenvalue weighted by Gasteiger charge is -2.46. The lowest BCUT2D eigenvalue weighted by Crippen LogP contribution is -2.63. The van der Waals surface area contributed by atoms with Gasteiger partial charge in [0.1, 0.15) is 23.7 Å². The number of β-lactam (4-membered cyclic amide) rings is 1. The molecule has 0 aromatic heterocycles. The smallest absolute Gasteiger partial charge is 0.425 e. The number of nitrogens with one attached hydrogen (secondary N) is 1. The summed E-state index contributed by atoms with van der Waals surface area (Å²) in [6.07, 6.45) is -2.19. The number of rotatable bonds is 10. The molecule has 2 N–H and O–H groups in total. The molecule has 43 heavy (non-hydrogen) atoms. The lowest BCUT2D eigenvalue weighted by atomic mass is 9.78. The lowest BCUT2D eigenvalue weighted by molar-refractivity contribution is -0.164. The quantitative estimate of drug-likeness (QED) is 0.302. The normalized spacial score (nSPS) is 20.6. The van der Waals surface area contributed by atoms with E-state index in [1.54, 1.807) is 70.2 Å². The van der Waals surface area contributed by atoms with E-state index in [9.17, 15) is 27.9 Å². The molecule has 2 aromatic rings. The molecular formula is C30H37N3O9S. The first-order valence-corrected chi connectivity index (χ1v) is 15.2. The van der Waals surface area contributed by atoms with Gasteiger partial charge in [0.25, 0.3) is 0 Å². The monoisotopic (exact) mass is 615 g/mol. The molecule has 4 atom stereocenters. The molecule has 2 amide bonds. The Balaban J connectivity index is 1.72. The van der Waals surface area contributed by atoms with Gasteiger partial charge in [0, 0.05) is 5.92 Å². The Bertz CT molecular complexity index is 1500. The summed E-state index contributed by atoms with van der Waals surface area (Å²) in [5.74, 6) is -2.15. The number of anilines is 1. The van der Waals surface area contributed by atoms with Gasteiger partial charge in [-0.3, -0.25) is 9.52 Å². The van der Waals surface area contributed by atoms with Crippen molar-refractivity contribution < 1.29 is 42.1 Å². The van der Waals surface area contributed by atoms with Crippen LogP contribution in [0.25, 0.3) is 0 Å². The van der Waals surface area contributed by atoms with Crippen molar-refractivity contribution in [3.63, 3.8) is 0 Å². The van der Waals surface area contributed by atoms with Crippen LogP contribution in [0.5, 0.6) is 5.75 Å². The molecule has 2 aliphatic heterocycles. The predicted octanol–water partition coefficient (Wildman–Crippen LogP) is 3.44. The molecule has 4 rings (SSSR count). The zero-order chi connectivity index (χ0) is 31.7. The molecule has 2 aromatic carbocycles. The number of amides is 2. The second-order valence-corrected chi connectivity index (χ2v) is 13.1. The first-order chi connectivity index (χ1) is 20.1. The highest BCUT2D eigenvalue weighted by Gasteiger charge is 2.60. The molecule has 12 nitrogen and oxygen atoms in total. The molecule has 1 fully saturated rings. The number of esters is 1. The van der Waals surface area contributed by atoms with E-state index in [0.717, 1.165) is 0 Å². The van der Waals surface area contributed by atoms with Crippen LogP contribution in [0.3, 0.4) is 0 Å². The highest BCUT2D eigenvalue weighted by atomic mass is 32.2. The van der Waals surface area contributed by atoms with Crippen molar-refractivity contribution in [3.05, 3.63) is 71.4 Å². The number of carbonyl (C=O) groups is 3. The van der Waals surface area contributed by atoms with Gasteiger partial charge in [0.2, 0.25) is 5.91 Å². The summed E-state index contributed by atoms with van der Waals surface area (Å²) < 4.78 is 46.3. The van der Waals surface area contributed by atoms with E-state index in [0.29, 0.717) is 15.6 Å². The number of aliphatic hydroxyl groups is 1. The molecule has 0 spiro atoms. The van der Waals surface area contributed by atoms with Crippen LogP contribution in [0.4, 0.5) is 10.5 Å². The van der Waals surface area contributed by atoms with Gasteiger partial charge in [0.15, 0.2) is 0 Å². The minimum atomic E-state index is -4.57. The number of carbonyl (C=O) groups excluding carboxylic acids is 3. The van der Waals surface area contributed by atoms with E-state index >= 15 is 0 Å². The van der Waals surface area contributed by atoms with Crippen LogP contribution in [0, 0.1) is 11.8 Å². The highest BCUT2D eigenvalue weighted by molar-refractivity contribution is 7.90. The summed E-state index contributed by atoms with van der Waals surface area (Å²) in [6.45, 7) is 7.24. The predicted molar refractivity (Wildman–Crippen MR) is 157 cm³/mol. The molecule has 0 aliphatic carbocycles. The van der Waals surface area contributed by atoms with E-state index < -0.39 is 64.3 Å². The molecule has 2 heterocycles. The minimum absolute atomic E-state index is 0.135. The van der Waals surface area contributed by atoms with E-state index in [1.807, 2.05) is 0 Å². The Hall–Kier alpha value is -4.10.